The zero-order valence-electron chi connectivity index (χ0n) is 10.1. The molecule has 3 N–H and O–H groups in total. The number of nitrogens with zero attached hydrogens (tertiary/aromatic N) is 1. The molecule has 0 aromatic carbocycles. The lowest BCUT2D eigenvalue weighted by Crippen LogP contribution is -2.42. The smallest absolute Gasteiger partial charge is 0.219 e. The molecule has 0 atom stereocenters. The first-order valence-corrected chi connectivity index (χ1v) is 5.34. The Kier molecular flexibility index (Phi) is 4.01. The molecule has 1 aromatic rings. The Morgan fingerprint density at radius 2 is 2.25 bits per heavy atom. The van der Waals surface area contributed by atoms with Gasteiger partial charge in [0.1, 0.15) is 0 Å². The minimum Gasteiger partial charge on any atom is -0.370 e. The molecule has 0 aliphatic rings. The molecule has 0 bridgehead atoms. The van der Waals surface area contributed by atoms with Crippen LogP contribution in [0.3, 0.4) is 0 Å². The summed E-state index contributed by atoms with van der Waals surface area (Å²) >= 11 is 0. The van der Waals surface area contributed by atoms with Crippen molar-refractivity contribution in [1.82, 2.24) is 10.3 Å². The summed E-state index contributed by atoms with van der Waals surface area (Å²) in [4.78, 5) is 15.1. The molecule has 88 valence electrons. The predicted octanol–water partition coefficient (Wildman–Crippen LogP) is 1.13. The third-order valence-corrected chi connectivity index (χ3v) is 2.47. The second-order valence-electron chi connectivity index (χ2n) is 4.65. The van der Waals surface area contributed by atoms with Crippen molar-refractivity contribution in [3.8, 4) is 0 Å². The van der Waals surface area contributed by atoms with Crippen molar-refractivity contribution in [2.75, 3.05) is 0 Å². The van der Waals surface area contributed by atoms with E-state index in [0.29, 0.717) is 13.0 Å². The zero-order chi connectivity index (χ0) is 12.2. The number of nitrogens with two attached hydrogens (primary N) is 1. The minimum absolute atomic E-state index is 0.296. The summed E-state index contributed by atoms with van der Waals surface area (Å²) in [6, 6.07) is 3.93. The van der Waals surface area contributed by atoms with Gasteiger partial charge in [-0.15, -0.1) is 0 Å². The fourth-order valence-electron chi connectivity index (χ4n) is 1.52. The third kappa shape index (κ3) is 3.98. The Hall–Kier alpha value is -1.42. The van der Waals surface area contributed by atoms with Crippen molar-refractivity contribution < 1.29 is 4.79 Å². The summed E-state index contributed by atoms with van der Waals surface area (Å²) in [6.45, 7) is 6.57. The molecule has 0 aliphatic heterocycles. The number of hydrogen-bond acceptors (Lipinski definition) is 3. The van der Waals surface area contributed by atoms with Crippen LogP contribution < -0.4 is 11.1 Å². The fraction of sp³-hybridized carbons (Fsp3) is 0.500. The highest BCUT2D eigenvalue weighted by Gasteiger charge is 2.19. The minimum atomic E-state index is -0.296. The highest BCUT2D eigenvalue weighted by atomic mass is 16.1. The van der Waals surface area contributed by atoms with Crippen molar-refractivity contribution in [3.63, 3.8) is 0 Å². The summed E-state index contributed by atoms with van der Waals surface area (Å²) in [7, 11) is 0. The first-order valence-electron chi connectivity index (χ1n) is 5.34. The number of rotatable bonds is 5. The zero-order valence-corrected chi connectivity index (χ0v) is 10.1. The van der Waals surface area contributed by atoms with Crippen molar-refractivity contribution >= 4 is 5.91 Å². The van der Waals surface area contributed by atoms with Crippen LogP contribution in [0.2, 0.25) is 0 Å². The van der Waals surface area contributed by atoms with E-state index in [4.69, 9.17) is 5.73 Å². The van der Waals surface area contributed by atoms with E-state index in [1.807, 2.05) is 32.9 Å². The molecule has 1 amide bonds. The molecule has 4 heteroatoms. The number of pyridine rings is 1. The molecule has 0 radical (unpaired) electrons. The fourth-order valence-corrected chi connectivity index (χ4v) is 1.52. The summed E-state index contributed by atoms with van der Waals surface area (Å²) in [5.74, 6) is -0.296. The quantitative estimate of drug-likeness (QED) is 0.783. The highest BCUT2D eigenvalue weighted by Crippen LogP contribution is 2.10. The van der Waals surface area contributed by atoms with Crippen LogP contribution in [0.5, 0.6) is 0 Å². The summed E-state index contributed by atoms with van der Waals surface area (Å²) in [5, 5.41) is 3.28. The lowest BCUT2D eigenvalue weighted by atomic mass is 10.00. The van der Waals surface area contributed by atoms with Crippen molar-refractivity contribution in [3.05, 3.63) is 29.6 Å². The van der Waals surface area contributed by atoms with E-state index in [0.717, 1.165) is 11.3 Å². The maximum atomic E-state index is 10.9. The number of hydrogen-bond donors (Lipinski definition) is 2. The van der Waals surface area contributed by atoms with Gasteiger partial charge in [0, 0.05) is 24.7 Å². The van der Waals surface area contributed by atoms with Crippen LogP contribution in [-0.4, -0.2) is 16.4 Å². The monoisotopic (exact) mass is 221 g/mol. The molecule has 0 saturated carbocycles. The van der Waals surface area contributed by atoms with Gasteiger partial charge in [-0.1, -0.05) is 6.07 Å². The van der Waals surface area contributed by atoms with Gasteiger partial charge < -0.3 is 11.1 Å². The molecule has 0 spiro atoms. The largest absolute Gasteiger partial charge is 0.370 e. The van der Waals surface area contributed by atoms with Gasteiger partial charge >= 0.3 is 0 Å². The Morgan fingerprint density at radius 3 is 2.81 bits per heavy atom. The number of nitrogens with one attached hydrogen (secondary N) is 1. The molecule has 1 rings (SSSR count). The van der Waals surface area contributed by atoms with E-state index in [-0.39, 0.29) is 11.4 Å². The summed E-state index contributed by atoms with van der Waals surface area (Å²) < 4.78 is 0. The maximum Gasteiger partial charge on any atom is 0.219 e. The predicted molar refractivity (Wildman–Crippen MR) is 63.7 cm³/mol. The molecule has 1 heterocycles. The van der Waals surface area contributed by atoms with E-state index in [1.165, 1.54) is 0 Å². The van der Waals surface area contributed by atoms with E-state index < -0.39 is 0 Å². The Morgan fingerprint density at radius 1 is 1.56 bits per heavy atom. The molecule has 0 saturated heterocycles. The second-order valence-corrected chi connectivity index (χ2v) is 4.65. The van der Waals surface area contributed by atoms with Crippen molar-refractivity contribution in [2.45, 2.75) is 39.3 Å². The molecule has 0 aliphatic carbocycles. The molecular formula is C12H19N3O. The number of aromatic nitrogens is 1. The van der Waals surface area contributed by atoms with Gasteiger partial charge in [-0.25, -0.2) is 0 Å². The van der Waals surface area contributed by atoms with Crippen LogP contribution >= 0.6 is 0 Å². The van der Waals surface area contributed by atoms with Gasteiger partial charge in [0.15, 0.2) is 0 Å². The first kappa shape index (κ1) is 12.6. The van der Waals surface area contributed by atoms with Gasteiger partial charge in [0.25, 0.3) is 0 Å². The maximum absolute atomic E-state index is 10.9. The van der Waals surface area contributed by atoms with Crippen molar-refractivity contribution in [2.24, 2.45) is 5.73 Å². The summed E-state index contributed by atoms with van der Waals surface area (Å²) in [5.41, 5.74) is 7.03. The van der Waals surface area contributed by atoms with Crippen LogP contribution in [0.4, 0.5) is 0 Å². The molecule has 1 aromatic heterocycles. The normalized spacial score (nSPS) is 11.4. The average molecular weight is 221 g/mol. The number of aryl methyl sites for hydroxylation is 1. The Labute approximate surface area is 96.3 Å². The Bertz CT molecular complexity index is 374. The number of amides is 1. The number of carbonyl (C=O) groups is 1. The number of primary amides is 1. The van der Waals surface area contributed by atoms with Crippen LogP contribution in [-0.2, 0) is 11.3 Å². The SMILES string of the molecule is Cc1cccnc1CNC(C)(C)CC(N)=O. The highest BCUT2D eigenvalue weighted by molar-refractivity contribution is 5.74. The molecule has 4 nitrogen and oxygen atoms in total. The molecule has 0 unspecified atom stereocenters. The van der Waals surface area contributed by atoms with Gasteiger partial charge in [-0.05, 0) is 32.4 Å². The van der Waals surface area contributed by atoms with Crippen LogP contribution in [0.15, 0.2) is 18.3 Å². The van der Waals surface area contributed by atoms with Gasteiger partial charge in [-0.3, -0.25) is 9.78 Å². The van der Waals surface area contributed by atoms with Gasteiger partial charge in [0.2, 0.25) is 5.91 Å². The van der Waals surface area contributed by atoms with Crippen LogP contribution in [0, 0.1) is 6.92 Å². The van der Waals surface area contributed by atoms with Gasteiger partial charge in [0.05, 0.1) is 5.69 Å². The van der Waals surface area contributed by atoms with E-state index >= 15 is 0 Å². The third-order valence-electron chi connectivity index (χ3n) is 2.47. The molecule has 16 heavy (non-hydrogen) atoms. The lowest BCUT2D eigenvalue weighted by Gasteiger charge is -2.24. The molecule has 0 fully saturated rings. The topological polar surface area (TPSA) is 68.0 Å². The number of carbonyl (C=O) groups excluding carboxylic acids is 1. The average Bonchev–Trinajstić information content (AvgIpc) is 2.14. The van der Waals surface area contributed by atoms with E-state index in [2.05, 4.69) is 10.3 Å². The van der Waals surface area contributed by atoms with E-state index in [1.54, 1.807) is 6.20 Å². The molecular weight excluding hydrogens is 202 g/mol. The van der Waals surface area contributed by atoms with Gasteiger partial charge in [-0.2, -0.15) is 0 Å². The van der Waals surface area contributed by atoms with Crippen LogP contribution in [0.1, 0.15) is 31.5 Å². The lowest BCUT2D eigenvalue weighted by molar-refractivity contribution is -0.119. The summed E-state index contributed by atoms with van der Waals surface area (Å²) in [6.07, 6.45) is 2.09. The Balaban J connectivity index is 2.57. The van der Waals surface area contributed by atoms with Crippen molar-refractivity contribution in [1.29, 1.82) is 0 Å². The van der Waals surface area contributed by atoms with E-state index in [9.17, 15) is 4.79 Å². The van der Waals surface area contributed by atoms with Crippen LogP contribution in [0.25, 0.3) is 0 Å². The second kappa shape index (κ2) is 5.07. The first-order chi connectivity index (χ1) is 7.41. The standard InChI is InChI=1S/C12H19N3O/c1-9-5-4-6-14-10(9)8-15-12(2,3)7-11(13)16/h4-6,15H,7-8H2,1-3H3,(H2,13,16).